The molecule has 1 aliphatic heterocycles. The maximum absolute atomic E-state index is 12.8. The van der Waals surface area contributed by atoms with Crippen LogP contribution in [-0.2, 0) is 9.59 Å². The number of nitrogens with zero attached hydrogens (tertiary/aromatic N) is 1. The van der Waals surface area contributed by atoms with Crippen LogP contribution in [0.1, 0.15) is 27.7 Å². The molecule has 108 valence electrons. The van der Waals surface area contributed by atoms with Crippen LogP contribution in [0.15, 0.2) is 28.7 Å². The second-order valence-electron chi connectivity index (χ2n) is 5.93. The van der Waals surface area contributed by atoms with Crippen molar-refractivity contribution in [3.63, 3.8) is 0 Å². The second kappa shape index (κ2) is 5.20. The molecule has 1 heterocycles. The largest absolute Gasteiger partial charge is 0.340 e. The number of hydrogen-bond acceptors (Lipinski definition) is 2. The van der Waals surface area contributed by atoms with Gasteiger partial charge >= 0.3 is 0 Å². The van der Waals surface area contributed by atoms with E-state index in [0.717, 1.165) is 10.2 Å². The molecule has 1 aromatic rings. The summed E-state index contributed by atoms with van der Waals surface area (Å²) in [7, 11) is 0. The van der Waals surface area contributed by atoms with Gasteiger partial charge in [-0.3, -0.25) is 14.5 Å². The van der Waals surface area contributed by atoms with Crippen LogP contribution in [0.4, 0.5) is 5.69 Å². The monoisotopic (exact) mass is 338 g/mol. The third-order valence-electron chi connectivity index (χ3n) is 3.48. The van der Waals surface area contributed by atoms with E-state index in [0.29, 0.717) is 0 Å². The molecule has 2 rings (SSSR count). The number of halogens is 1. The summed E-state index contributed by atoms with van der Waals surface area (Å²) in [6, 6.07) is 6.99. The van der Waals surface area contributed by atoms with Gasteiger partial charge in [-0.1, -0.05) is 26.0 Å². The Balaban J connectivity index is 2.57. The maximum atomic E-state index is 12.8. The molecule has 1 aromatic carbocycles. The van der Waals surface area contributed by atoms with E-state index in [-0.39, 0.29) is 17.7 Å². The predicted octanol–water partition coefficient (Wildman–Crippen LogP) is 2.72. The highest BCUT2D eigenvalue weighted by atomic mass is 79.9. The summed E-state index contributed by atoms with van der Waals surface area (Å²) in [6.45, 7) is 7.35. The number of carbonyl (C=O) groups excluding carboxylic acids is 2. The average Bonchev–Trinajstić information content (AvgIpc) is 2.33. The maximum Gasteiger partial charge on any atom is 0.252 e. The minimum Gasteiger partial charge on any atom is -0.340 e. The molecular formula is C15H19BrN2O2. The van der Waals surface area contributed by atoms with Crippen molar-refractivity contribution in [2.24, 2.45) is 5.92 Å². The molecule has 0 saturated carbocycles. The van der Waals surface area contributed by atoms with Crippen molar-refractivity contribution in [2.45, 2.75) is 39.3 Å². The van der Waals surface area contributed by atoms with Crippen molar-refractivity contribution >= 4 is 33.4 Å². The summed E-state index contributed by atoms with van der Waals surface area (Å²) in [5.74, 6) is -0.176. The fourth-order valence-corrected chi connectivity index (χ4v) is 2.96. The molecule has 1 atom stereocenters. The topological polar surface area (TPSA) is 49.4 Å². The fraction of sp³-hybridized carbons (Fsp3) is 0.467. The number of anilines is 1. The number of rotatable bonds is 2. The molecule has 0 spiro atoms. The van der Waals surface area contributed by atoms with E-state index in [1.165, 1.54) is 0 Å². The predicted molar refractivity (Wildman–Crippen MR) is 82.5 cm³/mol. The summed E-state index contributed by atoms with van der Waals surface area (Å²) in [4.78, 5) is 26.7. The number of piperazine rings is 1. The average molecular weight is 339 g/mol. The molecule has 0 aromatic heterocycles. The lowest BCUT2D eigenvalue weighted by molar-refractivity contribution is -0.138. The Morgan fingerprint density at radius 1 is 1.25 bits per heavy atom. The van der Waals surface area contributed by atoms with E-state index in [1.54, 1.807) is 18.7 Å². The summed E-state index contributed by atoms with van der Waals surface area (Å²) >= 11 is 3.47. The van der Waals surface area contributed by atoms with Crippen molar-refractivity contribution < 1.29 is 9.59 Å². The van der Waals surface area contributed by atoms with Crippen LogP contribution in [0.25, 0.3) is 0 Å². The molecule has 20 heavy (non-hydrogen) atoms. The van der Waals surface area contributed by atoms with Gasteiger partial charge in [-0.2, -0.15) is 0 Å². The zero-order chi connectivity index (χ0) is 15.1. The zero-order valence-electron chi connectivity index (χ0n) is 12.1. The van der Waals surface area contributed by atoms with E-state index < -0.39 is 11.6 Å². The van der Waals surface area contributed by atoms with Crippen LogP contribution in [0, 0.1) is 5.92 Å². The first-order chi connectivity index (χ1) is 9.25. The Morgan fingerprint density at radius 2 is 1.85 bits per heavy atom. The van der Waals surface area contributed by atoms with Gasteiger partial charge in [0, 0.05) is 4.47 Å². The molecule has 0 bridgehead atoms. The Morgan fingerprint density at radius 3 is 2.40 bits per heavy atom. The molecule has 0 radical (unpaired) electrons. The van der Waals surface area contributed by atoms with Gasteiger partial charge in [0.2, 0.25) is 5.91 Å². The Bertz CT molecular complexity index is 555. The number of benzene rings is 1. The van der Waals surface area contributed by atoms with Gasteiger partial charge < -0.3 is 5.32 Å². The molecule has 1 saturated heterocycles. The van der Waals surface area contributed by atoms with E-state index in [9.17, 15) is 9.59 Å². The van der Waals surface area contributed by atoms with Gasteiger partial charge in [0.1, 0.15) is 11.6 Å². The molecule has 4 nitrogen and oxygen atoms in total. The molecule has 0 aliphatic carbocycles. The highest BCUT2D eigenvalue weighted by molar-refractivity contribution is 9.10. The Kier molecular flexibility index (Phi) is 3.91. The highest BCUT2D eigenvalue weighted by Gasteiger charge is 2.47. The quantitative estimate of drug-likeness (QED) is 0.901. The van der Waals surface area contributed by atoms with E-state index in [2.05, 4.69) is 21.2 Å². The summed E-state index contributed by atoms with van der Waals surface area (Å²) < 4.78 is 0.810. The number of amides is 2. The van der Waals surface area contributed by atoms with Crippen molar-refractivity contribution in [1.82, 2.24) is 5.32 Å². The van der Waals surface area contributed by atoms with Crippen molar-refractivity contribution in [1.29, 1.82) is 0 Å². The lowest BCUT2D eigenvalue weighted by Crippen LogP contribution is -2.69. The highest BCUT2D eigenvalue weighted by Crippen LogP contribution is 2.33. The molecule has 1 aliphatic rings. The summed E-state index contributed by atoms with van der Waals surface area (Å²) in [5.41, 5.74) is -0.156. The van der Waals surface area contributed by atoms with Gasteiger partial charge in [-0.15, -0.1) is 0 Å². The second-order valence-corrected chi connectivity index (χ2v) is 6.78. The third-order valence-corrected chi connectivity index (χ3v) is 4.15. The Labute approximate surface area is 127 Å². The summed E-state index contributed by atoms with van der Waals surface area (Å²) in [5, 5.41) is 2.81. The number of nitrogens with one attached hydrogen (secondary N) is 1. The van der Waals surface area contributed by atoms with Crippen LogP contribution >= 0.6 is 15.9 Å². The van der Waals surface area contributed by atoms with Gasteiger partial charge in [-0.05, 0) is 47.8 Å². The summed E-state index contributed by atoms with van der Waals surface area (Å²) in [6.07, 6.45) is 0. The first-order valence-corrected chi connectivity index (χ1v) is 7.45. The van der Waals surface area contributed by atoms with Crippen LogP contribution in [0.3, 0.4) is 0 Å². The smallest absolute Gasteiger partial charge is 0.252 e. The van der Waals surface area contributed by atoms with Crippen LogP contribution in [0.5, 0.6) is 0 Å². The SMILES string of the molecule is CC(C)C1C(=O)NC(C)(C)C(=O)N1c1ccccc1Br. The molecule has 1 unspecified atom stereocenters. The minimum atomic E-state index is -0.891. The van der Waals surface area contributed by atoms with E-state index >= 15 is 0 Å². The molecular weight excluding hydrogens is 320 g/mol. The normalized spacial score (nSPS) is 22.1. The zero-order valence-corrected chi connectivity index (χ0v) is 13.7. The fourth-order valence-electron chi connectivity index (χ4n) is 2.49. The van der Waals surface area contributed by atoms with Crippen molar-refractivity contribution in [3.05, 3.63) is 28.7 Å². The van der Waals surface area contributed by atoms with Crippen molar-refractivity contribution in [3.8, 4) is 0 Å². The van der Waals surface area contributed by atoms with Gasteiger partial charge in [-0.25, -0.2) is 0 Å². The lowest BCUT2D eigenvalue weighted by Gasteiger charge is -2.44. The molecule has 2 amide bonds. The molecule has 1 fully saturated rings. The number of para-hydroxylation sites is 1. The molecule has 1 N–H and O–H groups in total. The number of hydrogen-bond donors (Lipinski definition) is 1. The lowest BCUT2D eigenvalue weighted by atomic mass is 9.91. The van der Waals surface area contributed by atoms with Crippen LogP contribution in [-0.4, -0.2) is 23.4 Å². The Hall–Kier alpha value is -1.36. The number of carbonyl (C=O) groups is 2. The minimum absolute atomic E-state index is 0.0298. The van der Waals surface area contributed by atoms with Crippen LogP contribution in [0.2, 0.25) is 0 Å². The van der Waals surface area contributed by atoms with Gasteiger partial charge in [0.25, 0.3) is 5.91 Å². The first kappa shape index (κ1) is 15.0. The van der Waals surface area contributed by atoms with E-state index in [4.69, 9.17) is 0 Å². The first-order valence-electron chi connectivity index (χ1n) is 6.66. The van der Waals surface area contributed by atoms with Gasteiger partial charge in [0.05, 0.1) is 5.69 Å². The third kappa shape index (κ3) is 2.46. The van der Waals surface area contributed by atoms with Gasteiger partial charge in [0.15, 0.2) is 0 Å². The van der Waals surface area contributed by atoms with Crippen molar-refractivity contribution in [2.75, 3.05) is 4.90 Å². The molecule has 5 heteroatoms. The van der Waals surface area contributed by atoms with Crippen LogP contribution < -0.4 is 10.2 Å². The standard InChI is InChI=1S/C15H19BrN2O2/c1-9(2)12-13(19)17-15(3,4)14(20)18(12)11-8-6-5-7-10(11)16/h5-9,12H,1-4H3,(H,17,19). The van der Waals surface area contributed by atoms with E-state index in [1.807, 2.05) is 38.1 Å².